The van der Waals surface area contributed by atoms with Crippen LogP contribution in [0.3, 0.4) is 0 Å². The Bertz CT molecular complexity index is 1410. The maximum atomic E-state index is 15.2. The fraction of sp³-hybridized carbons (Fsp3) is 0.321. The number of ether oxygens (including phenoxy) is 1. The average molecular weight is 518 g/mol. The highest BCUT2D eigenvalue weighted by molar-refractivity contribution is 7.81. The number of nitrogens with one attached hydrogen (secondary N) is 1. The molecule has 0 bridgehead atoms. The molecule has 0 radical (unpaired) electrons. The molecule has 3 heterocycles. The van der Waals surface area contributed by atoms with E-state index in [9.17, 15) is 4.79 Å². The van der Waals surface area contributed by atoms with E-state index in [4.69, 9.17) is 22.2 Å². The highest BCUT2D eigenvalue weighted by atomic mass is 32.1. The van der Waals surface area contributed by atoms with Gasteiger partial charge in [0.05, 0.1) is 23.0 Å². The topological polar surface area (TPSA) is 73.5 Å². The molecular weight excluding hydrogens is 489 g/mol. The van der Waals surface area contributed by atoms with Gasteiger partial charge in [0.15, 0.2) is 0 Å². The summed E-state index contributed by atoms with van der Waals surface area (Å²) in [6.45, 7) is 8.00. The lowest BCUT2D eigenvalue weighted by Crippen LogP contribution is -2.50. The molecule has 1 amide bonds. The predicted octanol–water partition coefficient (Wildman–Crippen LogP) is 5.37. The number of aromatic nitrogens is 1. The van der Waals surface area contributed by atoms with Gasteiger partial charge >= 0.3 is 6.09 Å². The van der Waals surface area contributed by atoms with Crippen LogP contribution >= 0.6 is 12.2 Å². The number of nitrogens with zero attached hydrogens (tertiary/aromatic N) is 4. The van der Waals surface area contributed by atoms with Crippen LogP contribution in [0.25, 0.3) is 11.1 Å². The standard InChI is InChI=1S/C28H28FN5O2S/c1-28(2,3)36-27(35)33-10-8-32(9-11-33)24-13-21-17-34-16-20(19-6-4-18(15-30)5-7-19)12-25(34)26(37)31-23(21)14-22(24)29/h4-7,12-14,16H,8-11,17H2,1-3H3,(H,31,37). The van der Waals surface area contributed by atoms with Crippen LogP contribution in [0.15, 0.2) is 48.7 Å². The van der Waals surface area contributed by atoms with E-state index in [1.807, 2.05) is 56.1 Å². The van der Waals surface area contributed by atoms with Gasteiger partial charge in [-0.3, -0.25) is 0 Å². The molecule has 2 aliphatic rings. The molecule has 7 nitrogen and oxygen atoms in total. The molecule has 2 aromatic carbocycles. The Morgan fingerprint density at radius 1 is 1.08 bits per heavy atom. The highest BCUT2D eigenvalue weighted by Gasteiger charge is 2.28. The van der Waals surface area contributed by atoms with Crippen molar-refractivity contribution < 1.29 is 13.9 Å². The van der Waals surface area contributed by atoms with Gasteiger partial charge < -0.3 is 24.4 Å². The first kappa shape index (κ1) is 24.8. The van der Waals surface area contributed by atoms with Crippen LogP contribution < -0.4 is 10.2 Å². The normalized spacial score (nSPS) is 15.3. The van der Waals surface area contributed by atoms with Crippen molar-refractivity contribution in [2.75, 3.05) is 36.4 Å². The number of carbonyl (C=O) groups excluding carboxylic acids is 1. The molecule has 2 aliphatic heterocycles. The third-order valence-corrected chi connectivity index (χ3v) is 6.82. The molecule has 9 heteroatoms. The molecule has 0 spiro atoms. The number of fused-ring (bicyclic) bond motifs is 2. The second-order valence-corrected chi connectivity index (χ2v) is 10.7. The van der Waals surface area contributed by atoms with E-state index in [2.05, 4.69) is 16.0 Å². The number of halogens is 1. The summed E-state index contributed by atoms with van der Waals surface area (Å²) in [5.74, 6) is -0.329. The SMILES string of the molecule is CC(C)(C)OC(=O)N1CCN(c2cc3c(cc2F)NC(=S)c2cc(-c4ccc(C#N)cc4)cn2C3)CC1. The van der Waals surface area contributed by atoms with Gasteiger partial charge in [-0.25, -0.2) is 9.18 Å². The zero-order valence-electron chi connectivity index (χ0n) is 21.0. The van der Waals surface area contributed by atoms with E-state index in [1.54, 1.807) is 17.0 Å². The monoisotopic (exact) mass is 517 g/mol. The van der Waals surface area contributed by atoms with Crippen molar-refractivity contribution in [1.29, 1.82) is 5.26 Å². The van der Waals surface area contributed by atoms with Gasteiger partial charge in [0.1, 0.15) is 16.4 Å². The Balaban J connectivity index is 1.37. The number of piperazine rings is 1. The molecule has 0 saturated carbocycles. The van der Waals surface area contributed by atoms with Crippen LogP contribution in [0, 0.1) is 17.1 Å². The van der Waals surface area contributed by atoms with Gasteiger partial charge in [-0.1, -0.05) is 24.4 Å². The lowest BCUT2D eigenvalue weighted by Gasteiger charge is -2.37. The lowest BCUT2D eigenvalue weighted by molar-refractivity contribution is 0.0240. The first-order valence-corrected chi connectivity index (χ1v) is 12.6. The van der Waals surface area contributed by atoms with Gasteiger partial charge in [0, 0.05) is 50.2 Å². The van der Waals surface area contributed by atoms with Crippen LogP contribution in [0.1, 0.15) is 37.6 Å². The first-order valence-electron chi connectivity index (χ1n) is 12.2. The second-order valence-electron chi connectivity index (χ2n) is 10.3. The van der Waals surface area contributed by atoms with Crippen LogP contribution in [-0.2, 0) is 11.3 Å². The zero-order chi connectivity index (χ0) is 26.3. The zero-order valence-corrected chi connectivity index (χ0v) is 21.9. The van der Waals surface area contributed by atoms with Crippen LogP contribution in [0.2, 0.25) is 0 Å². The van der Waals surface area contributed by atoms with E-state index in [0.29, 0.717) is 54.7 Å². The van der Waals surface area contributed by atoms with E-state index in [-0.39, 0.29) is 11.9 Å². The Kier molecular flexibility index (Phi) is 6.38. The number of rotatable bonds is 2. The minimum absolute atomic E-state index is 0.329. The number of thiocarbonyl (C=S) groups is 1. The number of amides is 1. The molecule has 190 valence electrons. The summed E-state index contributed by atoms with van der Waals surface area (Å²) in [6, 6.07) is 15.0. The van der Waals surface area contributed by atoms with Gasteiger partial charge in [0.25, 0.3) is 0 Å². The summed E-state index contributed by atoms with van der Waals surface area (Å²) >= 11 is 5.65. The molecule has 0 aliphatic carbocycles. The van der Waals surface area contributed by atoms with E-state index >= 15 is 4.39 Å². The van der Waals surface area contributed by atoms with Crippen molar-refractivity contribution in [3.8, 4) is 17.2 Å². The third kappa shape index (κ3) is 5.16. The number of hydrogen-bond donors (Lipinski definition) is 1. The maximum Gasteiger partial charge on any atom is 0.410 e. The number of nitriles is 1. The molecule has 0 atom stereocenters. The van der Waals surface area contributed by atoms with Crippen molar-refractivity contribution in [2.45, 2.75) is 32.9 Å². The fourth-order valence-corrected chi connectivity index (χ4v) is 4.93. The van der Waals surface area contributed by atoms with Gasteiger partial charge in [-0.15, -0.1) is 0 Å². The summed E-state index contributed by atoms with van der Waals surface area (Å²) in [5.41, 5.74) is 4.98. The second kappa shape index (κ2) is 9.52. The minimum Gasteiger partial charge on any atom is -0.444 e. The quantitative estimate of drug-likeness (QED) is 0.461. The van der Waals surface area contributed by atoms with Crippen LogP contribution in [-0.4, -0.2) is 52.3 Å². The van der Waals surface area contributed by atoms with Crippen molar-refractivity contribution in [1.82, 2.24) is 9.47 Å². The van der Waals surface area contributed by atoms with Crippen LogP contribution in [0.5, 0.6) is 0 Å². The number of hydrogen-bond acceptors (Lipinski definition) is 5. The highest BCUT2D eigenvalue weighted by Crippen LogP contribution is 2.33. The Morgan fingerprint density at radius 3 is 2.43 bits per heavy atom. The summed E-state index contributed by atoms with van der Waals surface area (Å²) < 4.78 is 22.8. The Morgan fingerprint density at radius 2 is 1.78 bits per heavy atom. The van der Waals surface area contributed by atoms with Crippen LogP contribution in [0.4, 0.5) is 20.6 Å². The lowest BCUT2D eigenvalue weighted by atomic mass is 10.1. The van der Waals surface area contributed by atoms with E-state index < -0.39 is 5.60 Å². The fourth-order valence-electron chi connectivity index (χ4n) is 4.65. The number of carbonyl (C=O) groups is 1. The Labute approximate surface area is 221 Å². The molecular formula is C28H28FN5O2S. The molecule has 5 rings (SSSR count). The molecule has 0 unspecified atom stereocenters. The molecule has 1 saturated heterocycles. The Hall–Kier alpha value is -3.90. The maximum absolute atomic E-state index is 15.2. The summed E-state index contributed by atoms with van der Waals surface area (Å²) in [7, 11) is 0. The average Bonchev–Trinajstić information content (AvgIpc) is 3.23. The largest absolute Gasteiger partial charge is 0.444 e. The molecule has 1 aromatic heterocycles. The van der Waals surface area contributed by atoms with Crippen molar-refractivity contribution in [3.63, 3.8) is 0 Å². The minimum atomic E-state index is -0.553. The molecule has 1 N–H and O–H groups in total. The summed E-state index contributed by atoms with van der Waals surface area (Å²) in [5, 5.41) is 12.3. The van der Waals surface area contributed by atoms with E-state index in [1.165, 1.54) is 6.07 Å². The third-order valence-electron chi connectivity index (χ3n) is 6.51. The number of anilines is 2. The van der Waals surface area contributed by atoms with Gasteiger partial charge in [-0.05, 0) is 62.2 Å². The van der Waals surface area contributed by atoms with Gasteiger partial charge in [-0.2, -0.15) is 5.26 Å². The van der Waals surface area contributed by atoms with E-state index in [0.717, 1.165) is 22.4 Å². The smallest absolute Gasteiger partial charge is 0.410 e. The number of benzene rings is 2. The van der Waals surface area contributed by atoms with Crippen molar-refractivity contribution in [2.24, 2.45) is 0 Å². The summed E-state index contributed by atoms with van der Waals surface area (Å²) in [6.07, 6.45) is 1.69. The van der Waals surface area contributed by atoms with Crippen molar-refractivity contribution >= 4 is 34.7 Å². The molecule has 3 aromatic rings. The summed E-state index contributed by atoms with van der Waals surface area (Å²) in [4.78, 5) is 16.6. The first-order chi connectivity index (χ1) is 17.6. The molecule has 37 heavy (non-hydrogen) atoms. The predicted molar refractivity (Wildman–Crippen MR) is 145 cm³/mol. The molecule has 1 fully saturated rings. The van der Waals surface area contributed by atoms with Gasteiger partial charge in [0.2, 0.25) is 0 Å². The van der Waals surface area contributed by atoms with Crippen molar-refractivity contribution in [3.05, 3.63) is 71.3 Å².